The highest BCUT2D eigenvalue weighted by Crippen LogP contribution is 2.39. The van der Waals surface area contributed by atoms with Crippen LogP contribution in [-0.2, 0) is 11.2 Å². The van der Waals surface area contributed by atoms with Gasteiger partial charge in [-0.25, -0.2) is 0 Å². The van der Waals surface area contributed by atoms with Crippen molar-refractivity contribution in [2.24, 2.45) is 5.73 Å². The second-order valence-corrected chi connectivity index (χ2v) is 3.71. The quantitative estimate of drug-likeness (QED) is 0.838. The summed E-state index contributed by atoms with van der Waals surface area (Å²) < 4.78 is 16.3. The summed E-state index contributed by atoms with van der Waals surface area (Å²) in [6, 6.07) is 3.91. The van der Waals surface area contributed by atoms with Crippen molar-refractivity contribution < 1.29 is 14.2 Å². The molecule has 1 heterocycles. The molecule has 1 atom stereocenters. The topological polar surface area (TPSA) is 53.7 Å². The number of ether oxygens (including phenoxy) is 3. The lowest BCUT2D eigenvalue weighted by molar-refractivity contribution is 0.0475. The van der Waals surface area contributed by atoms with Gasteiger partial charge in [0.05, 0.1) is 26.9 Å². The molecule has 1 aromatic rings. The molecule has 0 bridgehead atoms. The number of rotatable bonds is 3. The van der Waals surface area contributed by atoms with Gasteiger partial charge in [-0.3, -0.25) is 0 Å². The molecule has 0 fully saturated rings. The van der Waals surface area contributed by atoms with Gasteiger partial charge in [0.2, 0.25) is 0 Å². The Labute approximate surface area is 95.3 Å². The molecule has 1 aliphatic heterocycles. The minimum Gasteiger partial charge on any atom is -0.493 e. The summed E-state index contributed by atoms with van der Waals surface area (Å²) in [5.41, 5.74) is 7.96. The monoisotopic (exact) mass is 223 g/mol. The molecular weight excluding hydrogens is 206 g/mol. The number of methoxy groups -OCH3 is 2. The van der Waals surface area contributed by atoms with Gasteiger partial charge in [-0.1, -0.05) is 6.07 Å². The van der Waals surface area contributed by atoms with Gasteiger partial charge >= 0.3 is 0 Å². The molecule has 0 aromatic heterocycles. The maximum absolute atomic E-state index is 5.68. The summed E-state index contributed by atoms with van der Waals surface area (Å²) in [5.74, 6) is 1.57. The highest BCUT2D eigenvalue weighted by molar-refractivity contribution is 5.52. The highest BCUT2D eigenvalue weighted by atomic mass is 16.5. The fourth-order valence-electron chi connectivity index (χ4n) is 2.15. The highest BCUT2D eigenvalue weighted by Gasteiger charge is 2.24. The number of nitrogens with two attached hydrogens (primary N) is 1. The Morgan fingerprint density at radius 2 is 2.19 bits per heavy atom. The van der Waals surface area contributed by atoms with Gasteiger partial charge in [-0.15, -0.1) is 0 Å². The number of fused-ring (bicyclic) bond motifs is 1. The molecule has 4 heteroatoms. The van der Waals surface area contributed by atoms with E-state index in [4.69, 9.17) is 19.9 Å². The van der Waals surface area contributed by atoms with Crippen LogP contribution in [-0.4, -0.2) is 27.4 Å². The summed E-state index contributed by atoms with van der Waals surface area (Å²) in [6.07, 6.45) is 0.815. The first kappa shape index (κ1) is 11.2. The van der Waals surface area contributed by atoms with Crippen LogP contribution >= 0.6 is 0 Å². The zero-order chi connectivity index (χ0) is 11.5. The van der Waals surface area contributed by atoms with Crippen molar-refractivity contribution in [2.75, 3.05) is 27.4 Å². The van der Waals surface area contributed by atoms with Crippen LogP contribution in [0, 0.1) is 0 Å². The fourth-order valence-corrected chi connectivity index (χ4v) is 2.15. The van der Waals surface area contributed by atoms with E-state index in [1.54, 1.807) is 14.2 Å². The minimum atomic E-state index is -0.0245. The van der Waals surface area contributed by atoms with Crippen molar-refractivity contribution in [3.63, 3.8) is 0 Å². The third-order valence-electron chi connectivity index (χ3n) is 2.92. The van der Waals surface area contributed by atoms with Crippen LogP contribution in [0.5, 0.6) is 11.5 Å². The Bertz CT molecular complexity index is 379. The molecule has 0 saturated heterocycles. The van der Waals surface area contributed by atoms with Gasteiger partial charge < -0.3 is 19.9 Å². The van der Waals surface area contributed by atoms with Crippen molar-refractivity contribution >= 4 is 0 Å². The maximum Gasteiger partial charge on any atom is 0.164 e. The summed E-state index contributed by atoms with van der Waals surface area (Å²) in [5, 5.41) is 0. The number of hydrogen-bond donors (Lipinski definition) is 1. The average Bonchev–Trinajstić information content (AvgIpc) is 2.36. The van der Waals surface area contributed by atoms with Crippen molar-refractivity contribution in [3.05, 3.63) is 23.3 Å². The van der Waals surface area contributed by atoms with Crippen molar-refractivity contribution in [2.45, 2.75) is 12.5 Å². The summed E-state index contributed by atoms with van der Waals surface area (Å²) in [4.78, 5) is 0. The van der Waals surface area contributed by atoms with E-state index in [9.17, 15) is 0 Å². The Morgan fingerprint density at radius 3 is 2.81 bits per heavy atom. The van der Waals surface area contributed by atoms with Gasteiger partial charge in [-0.05, 0) is 18.1 Å². The zero-order valence-electron chi connectivity index (χ0n) is 9.66. The van der Waals surface area contributed by atoms with Crippen LogP contribution in [0.25, 0.3) is 0 Å². The van der Waals surface area contributed by atoms with Crippen LogP contribution in [0.2, 0.25) is 0 Å². The predicted molar refractivity (Wildman–Crippen MR) is 61.0 cm³/mol. The Balaban J connectivity index is 2.50. The fraction of sp³-hybridized carbons (Fsp3) is 0.500. The van der Waals surface area contributed by atoms with E-state index in [0.29, 0.717) is 13.2 Å². The third kappa shape index (κ3) is 1.74. The maximum atomic E-state index is 5.68. The smallest absolute Gasteiger partial charge is 0.164 e. The van der Waals surface area contributed by atoms with E-state index < -0.39 is 0 Å². The van der Waals surface area contributed by atoms with Crippen molar-refractivity contribution in [1.29, 1.82) is 0 Å². The normalized spacial score (nSPS) is 19.1. The molecule has 2 rings (SSSR count). The zero-order valence-corrected chi connectivity index (χ0v) is 9.66. The lowest BCUT2D eigenvalue weighted by atomic mass is 9.96. The number of hydrogen-bond acceptors (Lipinski definition) is 4. The van der Waals surface area contributed by atoms with E-state index in [1.165, 1.54) is 0 Å². The Kier molecular flexibility index (Phi) is 3.31. The minimum absolute atomic E-state index is 0.0245. The molecule has 2 N–H and O–H groups in total. The van der Waals surface area contributed by atoms with Crippen LogP contribution < -0.4 is 15.2 Å². The van der Waals surface area contributed by atoms with Gasteiger partial charge in [0.15, 0.2) is 11.5 Å². The lowest BCUT2D eigenvalue weighted by Crippen LogP contribution is -2.23. The standard InChI is InChI=1S/C12H17NO3/c1-14-10-4-3-8-9(12(10)15-2)5-6-16-11(8)7-13/h3-4,11H,5-7,13H2,1-2H3/t11-/m0/s1. The molecule has 1 aromatic carbocycles. The van der Waals surface area contributed by atoms with E-state index in [1.807, 2.05) is 12.1 Å². The Hall–Kier alpha value is -1.26. The molecule has 0 spiro atoms. The summed E-state index contributed by atoms with van der Waals surface area (Å²) in [7, 11) is 3.30. The Morgan fingerprint density at radius 1 is 1.38 bits per heavy atom. The molecular formula is C12H17NO3. The van der Waals surface area contributed by atoms with Gasteiger partial charge in [0.1, 0.15) is 0 Å². The largest absolute Gasteiger partial charge is 0.493 e. The SMILES string of the molecule is COc1ccc2c(c1OC)CCO[C@H]2CN. The van der Waals surface area contributed by atoms with Gasteiger partial charge in [0, 0.05) is 12.1 Å². The first-order valence-electron chi connectivity index (χ1n) is 5.37. The molecule has 0 unspecified atom stereocenters. The molecule has 16 heavy (non-hydrogen) atoms. The molecule has 0 saturated carbocycles. The molecule has 0 aliphatic carbocycles. The summed E-state index contributed by atoms with van der Waals surface area (Å²) >= 11 is 0. The number of benzene rings is 1. The summed E-state index contributed by atoms with van der Waals surface area (Å²) in [6.45, 7) is 1.17. The van der Waals surface area contributed by atoms with Crippen molar-refractivity contribution in [3.8, 4) is 11.5 Å². The van der Waals surface area contributed by atoms with E-state index in [0.717, 1.165) is 29.0 Å². The van der Waals surface area contributed by atoms with Crippen LogP contribution in [0.1, 0.15) is 17.2 Å². The van der Waals surface area contributed by atoms with Crippen LogP contribution in [0.15, 0.2) is 12.1 Å². The molecule has 4 nitrogen and oxygen atoms in total. The van der Waals surface area contributed by atoms with E-state index >= 15 is 0 Å². The predicted octanol–water partition coefficient (Wildman–Crippen LogP) is 1.28. The van der Waals surface area contributed by atoms with Gasteiger partial charge in [-0.2, -0.15) is 0 Å². The van der Waals surface area contributed by atoms with E-state index in [2.05, 4.69) is 0 Å². The van der Waals surface area contributed by atoms with Crippen LogP contribution in [0.3, 0.4) is 0 Å². The second kappa shape index (κ2) is 4.72. The first-order chi connectivity index (χ1) is 7.81. The third-order valence-corrected chi connectivity index (χ3v) is 2.92. The van der Waals surface area contributed by atoms with Gasteiger partial charge in [0.25, 0.3) is 0 Å². The van der Waals surface area contributed by atoms with E-state index in [-0.39, 0.29) is 6.10 Å². The average molecular weight is 223 g/mol. The second-order valence-electron chi connectivity index (χ2n) is 3.71. The molecule has 0 amide bonds. The first-order valence-corrected chi connectivity index (χ1v) is 5.37. The molecule has 88 valence electrons. The van der Waals surface area contributed by atoms with Crippen LogP contribution in [0.4, 0.5) is 0 Å². The molecule has 0 radical (unpaired) electrons. The van der Waals surface area contributed by atoms with Crippen molar-refractivity contribution in [1.82, 2.24) is 0 Å². The molecule has 1 aliphatic rings. The lowest BCUT2D eigenvalue weighted by Gasteiger charge is -2.27.